The maximum absolute atomic E-state index is 12.5. The normalized spacial score (nSPS) is 10.0. The van der Waals surface area contributed by atoms with Crippen molar-refractivity contribution >= 4 is 17.3 Å². The zero-order valence-corrected chi connectivity index (χ0v) is 12.8. The number of nitriles is 1. The van der Waals surface area contributed by atoms with Crippen molar-refractivity contribution in [3.63, 3.8) is 0 Å². The molecule has 114 valence electrons. The highest BCUT2D eigenvalue weighted by Gasteiger charge is 2.16. The predicted molar refractivity (Wildman–Crippen MR) is 83.2 cm³/mol. The van der Waals surface area contributed by atoms with E-state index in [0.717, 1.165) is 5.69 Å². The summed E-state index contributed by atoms with van der Waals surface area (Å²) in [4.78, 5) is 16.0. The molecule has 1 aromatic carbocycles. The van der Waals surface area contributed by atoms with E-state index in [-0.39, 0.29) is 5.91 Å². The van der Waals surface area contributed by atoms with Crippen LogP contribution in [0.15, 0.2) is 18.2 Å². The van der Waals surface area contributed by atoms with Crippen molar-refractivity contribution in [1.29, 1.82) is 5.26 Å². The van der Waals surface area contributed by atoms with Crippen LogP contribution >= 0.6 is 0 Å². The van der Waals surface area contributed by atoms with E-state index >= 15 is 0 Å². The van der Waals surface area contributed by atoms with Gasteiger partial charge in [0.25, 0.3) is 5.91 Å². The van der Waals surface area contributed by atoms with Gasteiger partial charge in [-0.25, -0.2) is 0 Å². The molecule has 0 saturated carbocycles. The Bertz CT molecular complexity index is 523. The maximum Gasteiger partial charge on any atom is 0.254 e. The first-order valence-electron chi connectivity index (χ1n) is 6.73. The summed E-state index contributed by atoms with van der Waals surface area (Å²) < 4.78 is 5.00. The molecule has 0 unspecified atom stereocenters. The number of ether oxygens (including phenoxy) is 1. The number of amides is 1. The fraction of sp³-hybridized carbons (Fsp3) is 0.467. The number of hydrogen-bond acceptors (Lipinski definition) is 5. The van der Waals surface area contributed by atoms with Gasteiger partial charge in [0.05, 0.1) is 30.5 Å². The molecular weight excluding hydrogens is 268 g/mol. The summed E-state index contributed by atoms with van der Waals surface area (Å²) in [6, 6.07) is 7.29. The number of nitrogen functional groups attached to an aromatic ring is 1. The number of carbonyl (C=O) groups is 1. The SMILES string of the molecule is COCCN(CCC#N)C(=O)c1ccc(N(C)C)c(N)c1. The number of rotatable bonds is 7. The van der Waals surface area contributed by atoms with Gasteiger partial charge in [-0.05, 0) is 18.2 Å². The van der Waals surface area contributed by atoms with Crippen molar-refractivity contribution in [2.45, 2.75) is 6.42 Å². The first-order valence-corrected chi connectivity index (χ1v) is 6.73. The molecular formula is C15H22N4O2. The predicted octanol–water partition coefficient (Wildman–Crippen LogP) is 1.34. The van der Waals surface area contributed by atoms with E-state index in [0.29, 0.717) is 37.4 Å². The molecule has 6 nitrogen and oxygen atoms in total. The summed E-state index contributed by atoms with van der Waals surface area (Å²) in [5.41, 5.74) is 7.91. The van der Waals surface area contributed by atoms with Crippen LogP contribution in [0.1, 0.15) is 16.8 Å². The van der Waals surface area contributed by atoms with E-state index in [2.05, 4.69) is 6.07 Å². The Hall–Kier alpha value is -2.26. The average molecular weight is 290 g/mol. The van der Waals surface area contributed by atoms with Crippen molar-refractivity contribution in [3.8, 4) is 6.07 Å². The standard InChI is InChI=1S/C15H22N4O2/c1-18(2)14-6-5-12(11-13(14)17)15(20)19(8-4-7-16)9-10-21-3/h5-6,11H,4,8-10,17H2,1-3H3. The third kappa shape index (κ3) is 4.65. The Morgan fingerprint density at radius 3 is 2.62 bits per heavy atom. The molecule has 1 rings (SSSR count). The molecule has 0 atom stereocenters. The molecule has 0 fully saturated rings. The fourth-order valence-corrected chi connectivity index (χ4v) is 1.98. The molecule has 0 aliphatic carbocycles. The first-order chi connectivity index (χ1) is 10.0. The smallest absolute Gasteiger partial charge is 0.254 e. The van der Waals surface area contributed by atoms with Crippen molar-refractivity contribution in [3.05, 3.63) is 23.8 Å². The fourth-order valence-electron chi connectivity index (χ4n) is 1.98. The third-order valence-electron chi connectivity index (χ3n) is 3.10. The van der Waals surface area contributed by atoms with Crippen molar-refractivity contribution in [2.24, 2.45) is 0 Å². The van der Waals surface area contributed by atoms with E-state index in [1.165, 1.54) is 0 Å². The van der Waals surface area contributed by atoms with Gasteiger partial charge in [0.1, 0.15) is 0 Å². The van der Waals surface area contributed by atoms with E-state index in [1.807, 2.05) is 25.1 Å². The van der Waals surface area contributed by atoms with Gasteiger partial charge >= 0.3 is 0 Å². The molecule has 0 spiro atoms. The zero-order valence-electron chi connectivity index (χ0n) is 12.8. The molecule has 0 bridgehead atoms. The molecule has 2 N–H and O–H groups in total. The molecule has 1 amide bonds. The summed E-state index contributed by atoms with van der Waals surface area (Å²) in [6.07, 6.45) is 0.292. The second-order valence-corrected chi connectivity index (χ2v) is 4.86. The molecule has 0 radical (unpaired) electrons. The van der Waals surface area contributed by atoms with Gasteiger partial charge in [0, 0.05) is 39.9 Å². The quantitative estimate of drug-likeness (QED) is 0.766. The molecule has 0 aromatic heterocycles. The molecule has 1 aromatic rings. The lowest BCUT2D eigenvalue weighted by atomic mass is 10.1. The van der Waals surface area contributed by atoms with E-state index in [9.17, 15) is 4.79 Å². The lowest BCUT2D eigenvalue weighted by Crippen LogP contribution is -2.34. The van der Waals surface area contributed by atoms with Gasteiger partial charge in [-0.2, -0.15) is 5.26 Å². The highest BCUT2D eigenvalue weighted by molar-refractivity contribution is 5.96. The van der Waals surface area contributed by atoms with Gasteiger partial charge in [0.15, 0.2) is 0 Å². The lowest BCUT2D eigenvalue weighted by molar-refractivity contribution is 0.0700. The molecule has 0 heterocycles. The lowest BCUT2D eigenvalue weighted by Gasteiger charge is -2.22. The average Bonchev–Trinajstić information content (AvgIpc) is 2.46. The summed E-state index contributed by atoms with van der Waals surface area (Å²) in [5.74, 6) is -0.140. The van der Waals surface area contributed by atoms with Gasteiger partial charge < -0.3 is 20.3 Å². The van der Waals surface area contributed by atoms with Crippen molar-refractivity contribution in [2.75, 3.05) is 51.5 Å². The number of nitrogens with zero attached hydrogens (tertiary/aromatic N) is 3. The second-order valence-electron chi connectivity index (χ2n) is 4.86. The zero-order chi connectivity index (χ0) is 15.8. The van der Waals surface area contributed by atoms with E-state index < -0.39 is 0 Å². The van der Waals surface area contributed by atoms with E-state index in [4.69, 9.17) is 15.7 Å². The Kier molecular flexibility index (Phi) is 6.50. The minimum absolute atomic E-state index is 0.140. The summed E-state index contributed by atoms with van der Waals surface area (Å²) in [6.45, 7) is 1.27. The Morgan fingerprint density at radius 1 is 1.38 bits per heavy atom. The largest absolute Gasteiger partial charge is 0.397 e. The summed E-state index contributed by atoms with van der Waals surface area (Å²) >= 11 is 0. The summed E-state index contributed by atoms with van der Waals surface area (Å²) in [7, 11) is 5.37. The monoisotopic (exact) mass is 290 g/mol. The Morgan fingerprint density at radius 2 is 2.10 bits per heavy atom. The van der Waals surface area contributed by atoms with Crippen LogP contribution in [0.5, 0.6) is 0 Å². The maximum atomic E-state index is 12.5. The van der Waals surface area contributed by atoms with Crippen LogP contribution in [0.4, 0.5) is 11.4 Å². The first kappa shape index (κ1) is 16.8. The Labute approximate surface area is 125 Å². The van der Waals surface area contributed by atoms with Crippen LogP contribution in [0.25, 0.3) is 0 Å². The van der Waals surface area contributed by atoms with Crippen LogP contribution in [0.3, 0.4) is 0 Å². The minimum Gasteiger partial charge on any atom is -0.397 e. The highest BCUT2D eigenvalue weighted by Crippen LogP contribution is 2.23. The topological polar surface area (TPSA) is 82.6 Å². The van der Waals surface area contributed by atoms with Crippen LogP contribution in [0, 0.1) is 11.3 Å². The number of benzene rings is 1. The molecule has 0 aliphatic heterocycles. The molecule has 0 aliphatic rings. The number of carbonyl (C=O) groups excluding carboxylic acids is 1. The number of anilines is 2. The van der Waals surface area contributed by atoms with Crippen LogP contribution < -0.4 is 10.6 Å². The van der Waals surface area contributed by atoms with Crippen LogP contribution in [-0.2, 0) is 4.74 Å². The molecule has 21 heavy (non-hydrogen) atoms. The van der Waals surface area contributed by atoms with E-state index in [1.54, 1.807) is 24.1 Å². The number of methoxy groups -OCH3 is 1. The molecule has 0 saturated heterocycles. The van der Waals surface area contributed by atoms with Crippen molar-refractivity contribution < 1.29 is 9.53 Å². The second kappa shape index (κ2) is 8.12. The Balaban J connectivity index is 2.92. The van der Waals surface area contributed by atoms with Crippen LogP contribution in [-0.4, -0.2) is 51.7 Å². The molecule has 6 heteroatoms. The van der Waals surface area contributed by atoms with Gasteiger partial charge in [0.2, 0.25) is 0 Å². The third-order valence-corrected chi connectivity index (χ3v) is 3.10. The summed E-state index contributed by atoms with van der Waals surface area (Å²) in [5, 5.41) is 8.69. The highest BCUT2D eigenvalue weighted by atomic mass is 16.5. The van der Waals surface area contributed by atoms with Crippen molar-refractivity contribution in [1.82, 2.24) is 4.90 Å². The van der Waals surface area contributed by atoms with Gasteiger partial charge in [-0.3, -0.25) is 4.79 Å². The minimum atomic E-state index is -0.140. The number of hydrogen-bond donors (Lipinski definition) is 1. The van der Waals surface area contributed by atoms with Gasteiger partial charge in [-0.1, -0.05) is 0 Å². The van der Waals surface area contributed by atoms with Gasteiger partial charge in [-0.15, -0.1) is 0 Å². The van der Waals surface area contributed by atoms with Crippen LogP contribution in [0.2, 0.25) is 0 Å². The number of nitrogens with two attached hydrogens (primary N) is 1.